The molecule has 1 aromatic carbocycles. The zero-order valence-corrected chi connectivity index (χ0v) is 15.9. The highest BCUT2D eigenvalue weighted by atomic mass is 32.2. The molecule has 5 heteroatoms. The summed E-state index contributed by atoms with van der Waals surface area (Å²) in [6.07, 6.45) is 8.68. The Morgan fingerprint density at radius 3 is 2.84 bits per heavy atom. The fourth-order valence-electron chi connectivity index (χ4n) is 3.28. The molecule has 0 aliphatic heterocycles. The maximum Gasteiger partial charge on any atom is 0.255 e. The minimum Gasteiger partial charge on any atom is -0.349 e. The first-order valence-electron chi connectivity index (χ1n) is 9.27. The van der Waals surface area contributed by atoms with Crippen molar-refractivity contribution in [2.75, 3.05) is 5.75 Å². The van der Waals surface area contributed by atoms with Gasteiger partial charge in [0.15, 0.2) is 0 Å². The van der Waals surface area contributed by atoms with Crippen LogP contribution in [-0.2, 0) is 0 Å². The molecule has 0 bridgehead atoms. The molecule has 1 saturated carbocycles. The van der Waals surface area contributed by atoms with Crippen molar-refractivity contribution in [3.05, 3.63) is 41.6 Å². The van der Waals surface area contributed by atoms with Crippen LogP contribution in [0.5, 0.6) is 0 Å². The van der Waals surface area contributed by atoms with Crippen molar-refractivity contribution in [1.29, 1.82) is 0 Å². The third-order valence-corrected chi connectivity index (χ3v) is 5.88. The molecule has 4 nitrogen and oxygen atoms in total. The highest BCUT2D eigenvalue weighted by Crippen LogP contribution is 2.27. The maximum atomic E-state index is 12.8. The number of nitrogens with one attached hydrogen (secondary N) is 1. The molecular formula is C20H27N3OS. The number of carbonyl (C=O) groups excluding carboxylic acids is 1. The van der Waals surface area contributed by atoms with Gasteiger partial charge in [0.25, 0.3) is 5.91 Å². The molecule has 1 fully saturated rings. The topological polar surface area (TPSA) is 46.9 Å². The van der Waals surface area contributed by atoms with Crippen LogP contribution in [0.1, 0.15) is 61.4 Å². The largest absolute Gasteiger partial charge is 0.349 e. The quantitative estimate of drug-likeness (QED) is 0.759. The van der Waals surface area contributed by atoms with E-state index in [1.165, 1.54) is 24.8 Å². The van der Waals surface area contributed by atoms with Gasteiger partial charge in [0.1, 0.15) is 5.03 Å². The third kappa shape index (κ3) is 4.46. The third-order valence-electron chi connectivity index (χ3n) is 4.60. The summed E-state index contributed by atoms with van der Waals surface area (Å²) in [5, 5.41) is 8.70. The number of hydrogen-bond acceptors (Lipinski definition) is 3. The van der Waals surface area contributed by atoms with Gasteiger partial charge in [0.2, 0.25) is 0 Å². The van der Waals surface area contributed by atoms with E-state index < -0.39 is 0 Å². The van der Waals surface area contributed by atoms with E-state index >= 15 is 0 Å². The molecule has 1 heterocycles. The van der Waals surface area contributed by atoms with Crippen LogP contribution in [0.2, 0.25) is 0 Å². The van der Waals surface area contributed by atoms with Crippen LogP contribution in [-0.4, -0.2) is 27.5 Å². The fourth-order valence-corrected chi connectivity index (χ4v) is 4.26. The molecule has 0 saturated heterocycles. The minimum absolute atomic E-state index is 0.0180. The maximum absolute atomic E-state index is 12.8. The van der Waals surface area contributed by atoms with Crippen molar-refractivity contribution in [3.63, 3.8) is 0 Å². The summed E-state index contributed by atoms with van der Waals surface area (Å²) in [6, 6.07) is 8.56. The molecular weight excluding hydrogens is 330 g/mol. The average Bonchev–Trinajstić information content (AvgIpc) is 3.04. The van der Waals surface area contributed by atoms with Crippen LogP contribution in [0.3, 0.4) is 0 Å². The number of rotatable bonds is 6. The Balaban J connectivity index is 1.86. The summed E-state index contributed by atoms with van der Waals surface area (Å²) in [5.74, 6) is 0.991. The molecule has 1 aliphatic rings. The van der Waals surface area contributed by atoms with Crippen LogP contribution in [0, 0.1) is 6.92 Å². The Morgan fingerprint density at radius 1 is 1.32 bits per heavy atom. The lowest BCUT2D eigenvalue weighted by molar-refractivity contribution is 0.0924. The molecule has 0 spiro atoms. The van der Waals surface area contributed by atoms with Crippen LogP contribution in [0.4, 0.5) is 0 Å². The minimum atomic E-state index is 0.0180. The number of aromatic nitrogens is 2. The van der Waals surface area contributed by atoms with E-state index in [2.05, 4.69) is 36.4 Å². The number of thioether (sulfide) groups is 1. The number of amides is 1. The second-order valence-electron chi connectivity index (χ2n) is 6.77. The van der Waals surface area contributed by atoms with Gasteiger partial charge in [0.05, 0.1) is 17.4 Å². The van der Waals surface area contributed by atoms with Crippen LogP contribution < -0.4 is 5.32 Å². The van der Waals surface area contributed by atoms with Crippen molar-refractivity contribution in [2.24, 2.45) is 0 Å². The molecule has 2 aromatic rings. The molecule has 134 valence electrons. The molecule has 0 radical (unpaired) electrons. The van der Waals surface area contributed by atoms with Crippen LogP contribution >= 0.6 is 11.8 Å². The Morgan fingerprint density at radius 2 is 2.12 bits per heavy atom. The summed E-state index contributed by atoms with van der Waals surface area (Å²) in [7, 11) is 0. The molecule has 1 amide bonds. The van der Waals surface area contributed by atoms with Crippen molar-refractivity contribution >= 4 is 17.7 Å². The SMILES string of the molecule is CCCSc1c(C(=O)NC2CCCCC2)cnn1-c1cccc(C)c1. The van der Waals surface area contributed by atoms with E-state index in [0.29, 0.717) is 11.6 Å². The van der Waals surface area contributed by atoms with Crippen molar-refractivity contribution in [3.8, 4) is 5.69 Å². The molecule has 1 aliphatic carbocycles. The van der Waals surface area contributed by atoms with E-state index in [9.17, 15) is 4.79 Å². The predicted octanol–water partition coefficient (Wildman–Crippen LogP) is 4.75. The van der Waals surface area contributed by atoms with E-state index in [4.69, 9.17) is 0 Å². The van der Waals surface area contributed by atoms with Gasteiger partial charge in [-0.1, -0.05) is 38.3 Å². The first-order valence-corrected chi connectivity index (χ1v) is 10.3. The standard InChI is InChI=1S/C20H27N3OS/c1-3-12-25-20-18(19(24)22-16-9-5-4-6-10-16)14-21-23(20)17-11-7-8-15(2)13-17/h7-8,11,13-14,16H,3-6,9-10,12H2,1-2H3,(H,22,24). The Hall–Kier alpha value is -1.75. The van der Waals surface area contributed by atoms with E-state index in [1.54, 1.807) is 18.0 Å². The van der Waals surface area contributed by atoms with E-state index in [-0.39, 0.29) is 5.91 Å². The summed E-state index contributed by atoms with van der Waals surface area (Å²) >= 11 is 1.71. The summed E-state index contributed by atoms with van der Waals surface area (Å²) in [5.41, 5.74) is 2.90. The van der Waals surface area contributed by atoms with Gasteiger partial charge in [0, 0.05) is 6.04 Å². The van der Waals surface area contributed by atoms with Gasteiger partial charge >= 0.3 is 0 Å². The zero-order chi connectivity index (χ0) is 17.6. The first-order chi connectivity index (χ1) is 12.2. The lowest BCUT2D eigenvalue weighted by atomic mass is 9.95. The summed E-state index contributed by atoms with van der Waals surface area (Å²) in [4.78, 5) is 12.8. The first kappa shape index (κ1) is 18.1. The number of benzene rings is 1. The second-order valence-corrected chi connectivity index (χ2v) is 7.85. The van der Waals surface area contributed by atoms with Gasteiger partial charge in [-0.2, -0.15) is 5.10 Å². The Bertz CT molecular complexity index is 719. The number of aryl methyl sites for hydroxylation is 1. The normalized spacial score (nSPS) is 15.3. The van der Waals surface area contributed by atoms with Gasteiger partial charge in [-0.3, -0.25) is 4.79 Å². The van der Waals surface area contributed by atoms with Gasteiger partial charge in [-0.15, -0.1) is 11.8 Å². The van der Waals surface area contributed by atoms with Crippen molar-refractivity contribution < 1.29 is 4.79 Å². The number of carbonyl (C=O) groups is 1. The average molecular weight is 358 g/mol. The molecule has 25 heavy (non-hydrogen) atoms. The van der Waals surface area contributed by atoms with E-state index in [0.717, 1.165) is 35.7 Å². The zero-order valence-electron chi connectivity index (χ0n) is 15.1. The predicted molar refractivity (Wildman–Crippen MR) is 104 cm³/mol. The lowest BCUT2D eigenvalue weighted by Gasteiger charge is -2.22. The smallest absolute Gasteiger partial charge is 0.255 e. The number of nitrogens with zero attached hydrogens (tertiary/aromatic N) is 2. The van der Waals surface area contributed by atoms with E-state index in [1.807, 2.05) is 16.8 Å². The van der Waals surface area contributed by atoms with Gasteiger partial charge in [-0.25, -0.2) is 4.68 Å². The Kier molecular flexibility index (Phi) is 6.19. The molecule has 3 rings (SSSR count). The summed E-state index contributed by atoms with van der Waals surface area (Å²) < 4.78 is 1.91. The monoisotopic (exact) mass is 357 g/mol. The van der Waals surface area contributed by atoms with Crippen LogP contribution in [0.15, 0.2) is 35.5 Å². The highest BCUT2D eigenvalue weighted by molar-refractivity contribution is 7.99. The number of hydrogen-bond donors (Lipinski definition) is 1. The Labute approximate surface area is 154 Å². The molecule has 1 aromatic heterocycles. The van der Waals surface area contributed by atoms with Crippen LogP contribution in [0.25, 0.3) is 5.69 Å². The highest BCUT2D eigenvalue weighted by Gasteiger charge is 2.22. The second kappa shape index (κ2) is 8.56. The van der Waals surface area contributed by atoms with Gasteiger partial charge < -0.3 is 5.32 Å². The van der Waals surface area contributed by atoms with Gasteiger partial charge in [-0.05, 0) is 49.6 Å². The molecule has 0 atom stereocenters. The molecule has 1 N–H and O–H groups in total. The lowest BCUT2D eigenvalue weighted by Crippen LogP contribution is -2.36. The fraction of sp³-hybridized carbons (Fsp3) is 0.500. The summed E-state index contributed by atoms with van der Waals surface area (Å²) in [6.45, 7) is 4.23. The molecule has 0 unspecified atom stereocenters. The van der Waals surface area contributed by atoms with Crippen molar-refractivity contribution in [2.45, 2.75) is 63.4 Å². The van der Waals surface area contributed by atoms with Crippen molar-refractivity contribution in [1.82, 2.24) is 15.1 Å².